The molecule has 180 valence electrons. The average Bonchev–Trinajstić information content (AvgIpc) is 3.16. The van der Waals surface area contributed by atoms with Crippen molar-refractivity contribution >= 4 is 10.8 Å². The highest BCUT2D eigenvalue weighted by molar-refractivity contribution is 7.86. The van der Waals surface area contributed by atoms with Gasteiger partial charge >= 0.3 is 6.18 Å². The van der Waals surface area contributed by atoms with Gasteiger partial charge in [-0.1, -0.05) is 0 Å². The first kappa shape index (κ1) is 23.0. The SMILES string of the molecule is CC(C)n1ccc(-c2cnc(C(F)(F)F)nc2)n1.O=S1CC2(CCN(C3CC4CC4C3)C2)C1. The van der Waals surface area contributed by atoms with Gasteiger partial charge in [-0.2, -0.15) is 18.3 Å². The minimum atomic E-state index is -4.52. The Hall–Kier alpha value is -1.81. The van der Waals surface area contributed by atoms with Gasteiger partial charge in [0.15, 0.2) is 0 Å². The summed E-state index contributed by atoms with van der Waals surface area (Å²) in [6.45, 7) is 6.48. The van der Waals surface area contributed by atoms with Gasteiger partial charge in [0.25, 0.3) is 0 Å². The van der Waals surface area contributed by atoms with Crippen molar-refractivity contribution in [2.24, 2.45) is 17.3 Å². The normalized spacial score (nSPS) is 33.0. The summed E-state index contributed by atoms with van der Waals surface area (Å²) >= 11 is 0. The number of hydrogen-bond donors (Lipinski definition) is 0. The molecule has 2 aromatic heterocycles. The van der Waals surface area contributed by atoms with Crippen molar-refractivity contribution in [2.45, 2.75) is 57.8 Å². The van der Waals surface area contributed by atoms with Gasteiger partial charge in [-0.15, -0.1) is 0 Å². The lowest BCUT2D eigenvalue weighted by atomic mass is 9.91. The monoisotopic (exact) mass is 481 g/mol. The standard InChI is InChI=1S/C12H19NOS.C11H11F3N4/c14-15-7-12(8-15)1-2-13(6-12)11-4-9-3-10(9)5-11;1-7(2)18-4-3-9(17-18)8-5-15-10(16-6-8)11(12,13)14/h9-11H,1-8H2;3-7H,1-2H3. The second-order valence-electron chi connectivity index (χ2n) is 10.4. The van der Waals surface area contributed by atoms with Gasteiger partial charge in [0.2, 0.25) is 5.82 Å². The maximum absolute atomic E-state index is 12.3. The summed E-state index contributed by atoms with van der Waals surface area (Å²) < 4.78 is 49.8. The van der Waals surface area contributed by atoms with Gasteiger partial charge in [-0.25, -0.2) is 9.97 Å². The summed E-state index contributed by atoms with van der Waals surface area (Å²) in [5.41, 5.74) is 1.51. The van der Waals surface area contributed by atoms with Gasteiger partial charge in [-0.3, -0.25) is 13.8 Å². The molecule has 2 aliphatic heterocycles. The molecule has 2 atom stereocenters. The zero-order chi connectivity index (χ0) is 23.4. The van der Waals surface area contributed by atoms with Crippen LogP contribution in [-0.4, -0.2) is 59.5 Å². The third kappa shape index (κ3) is 4.87. The number of rotatable bonds is 3. The van der Waals surface area contributed by atoms with Crippen molar-refractivity contribution in [3.63, 3.8) is 0 Å². The second-order valence-corrected chi connectivity index (χ2v) is 11.9. The molecule has 0 radical (unpaired) electrons. The summed E-state index contributed by atoms with van der Waals surface area (Å²) in [6, 6.07) is 2.81. The van der Waals surface area contributed by atoms with Crippen LogP contribution in [0.2, 0.25) is 0 Å². The lowest BCUT2D eigenvalue weighted by molar-refractivity contribution is -0.144. The molecule has 4 heterocycles. The molecule has 6 rings (SSSR count). The van der Waals surface area contributed by atoms with Crippen LogP contribution in [0.3, 0.4) is 0 Å². The highest BCUT2D eigenvalue weighted by atomic mass is 32.2. The van der Waals surface area contributed by atoms with Gasteiger partial charge in [0.05, 0.1) is 5.69 Å². The fourth-order valence-electron chi connectivity index (χ4n) is 5.52. The van der Waals surface area contributed by atoms with E-state index >= 15 is 0 Å². The third-order valence-electron chi connectivity index (χ3n) is 7.48. The largest absolute Gasteiger partial charge is 0.451 e. The van der Waals surface area contributed by atoms with Crippen molar-refractivity contribution in [1.29, 1.82) is 0 Å². The Kier molecular flexibility index (Phi) is 5.87. The number of hydrogen-bond acceptors (Lipinski definition) is 5. The number of likely N-dealkylation sites (tertiary alicyclic amines) is 1. The van der Waals surface area contributed by atoms with Crippen molar-refractivity contribution in [2.75, 3.05) is 24.6 Å². The van der Waals surface area contributed by atoms with E-state index in [2.05, 4.69) is 20.0 Å². The molecule has 0 amide bonds. The molecule has 0 aromatic carbocycles. The highest BCUT2D eigenvalue weighted by Gasteiger charge is 2.53. The van der Waals surface area contributed by atoms with Gasteiger partial charge in [-0.05, 0) is 64.0 Å². The number of halogens is 3. The third-order valence-corrected chi connectivity index (χ3v) is 9.34. The molecule has 2 saturated carbocycles. The van der Waals surface area contributed by atoms with Crippen LogP contribution in [0.25, 0.3) is 11.3 Å². The van der Waals surface area contributed by atoms with E-state index in [1.807, 2.05) is 13.8 Å². The number of alkyl halides is 3. The first-order valence-electron chi connectivity index (χ1n) is 11.7. The second kappa shape index (κ2) is 8.45. The quantitative estimate of drug-likeness (QED) is 0.658. The smallest absolute Gasteiger partial charge is 0.300 e. The molecule has 0 bridgehead atoms. The summed E-state index contributed by atoms with van der Waals surface area (Å²) in [5.74, 6) is 3.06. The van der Waals surface area contributed by atoms with Crippen LogP contribution in [0.5, 0.6) is 0 Å². The predicted octanol–water partition coefficient (Wildman–Crippen LogP) is 4.18. The molecule has 2 aliphatic carbocycles. The zero-order valence-corrected chi connectivity index (χ0v) is 19.8. The Balaban J connectivity index is 0.000000140. The fourth-order valence-corrected chi connectivity index (χ4v) is 7.28. The van der Waals surface area contributed by atoms with Crippen LogP contribution in [-0.2, 0) is 17.0 Å². The first-order chi connectivity index (χ1) is 15.6. The fraction of sp³-hybridized carbons (Fsp3) is 0.696. The van der Waals surface area contributed by atoms with Crippen molar-refractivity contribution < 1.29 is 17.4 Å². The lowest BCUT2D eigenvalue weighted by Gasteiger charge is -2.38. The molecule has 2 saturated heterocycles. The van der Waals surface area contributed by atoms with Crippen LogP contribution in [0.1, 0.15) is 51.4 Å². The molecule has 1 spiro atoms. The highest BCUT2D eigenvalue weighted by Crippen LogP contribution is 2.54. The molecular weight excluding hydrogens is 451 g/mol. The van der Waals surface area contributed by atoms with Crippen molar-refractivity contribution in [3.8, 4) is 11.3 Å². The van der Waals surface area contributed by atoms with E-state index in [0.29, 0.717) is 16.7 Å². The molecule has 0 N–H and O–H groups in total. The van der Waals surface area contributed by atoms with E-state index in [9.17, 15) is 17.4 Å². The molecular formula is C23H30F3N5OS. The van der Waals surface area contributed by atoms with Crippen LogP contribution < -0.4 is 0 Å². The minimum absolute atomic E-state index is 0.189. The van der Waals surface area contributed by atoms with Crippen LogP contribution in [0, 0.1) is 17.3 Å². The van der Waals surface area contributed by atoms with Gasteiger partial charge < -0.3 is 0 Å². The Bertz CT molecular complexity index is 1000. The maximum Gasteiger partial charge on any atom is 0.451 e. The molecule has 4 fully saturated rings. The topological polar surface area (TPSA) is 63.9 Å². The van der Waals surface area contributed by atoms with Gasteiger partial charge in [0, 0.05) is 70.5 Å². The molecule has 33 heavy (non-hydrogen) atoms. The maximum atomic E-state index is 12.3. The summed E-state index contributed by atoms with van der Waals surface area (Å²) in [5, 5.41) is 4.23. The predicted molar refractivity (Wildman–Crippen MR) is 120 cm³/mol. The lowest BCUT2D eigenvalue weighted by Crippen LogP contribution is -2.47. The van der Waals surface area contributed by atoms with Gasteiger partial charge in [0.1, 0.15) is 0 Å². The summed E-state index contributed by atoms with van der Waals surface area (Å²) in [6.07, 6.45) is 5.30. The Morgan fingerprint density at radius 2 is 1.79 bits per heavy atom. The van der Waals surface area contributed by atoms with Crippen LogP contribution >= 0.6 is 0 Å². The van der Waals surface area contributed by atoms with Crippen molar-refractivity contribution in [3.05, 3.63) is 30.5 Å². The molecule has 2 unspecified atom stereocenters. The summed E-state index contributed by atoms with van der Waals surface area (Å²) in [7, 11) is -0.462. The summed E-state index contributed by atoms with van der Waals surface area (Å²) in [4.78, 5) is 9.31. The van der Waals surface area contributed by atoms with Crippen LogP contribution in [0.15, 0.2) is 24.7 Å². The van der Waals surface area contributed by atoms with Crippen molar-refractivity contribution in [1.82, 2.24) is 24.6 Å². The van der Waals surface area contributed by atoms with E-state index < -0.39 is 22.8 Å². The number of aromatic nitrogens is 4. The molecule has 6 nitrogen and oxygen atoms in total. The Morgan fingerprint density at radius 3 is 2.33 bits per heavy atom. The van der Waals surface area contributed by atoms with E-state index in [-0.39, 0.29) is 6.04 Å². The van der Waals surface area contributed by atoms with E-state index in [4.69, 9.17) is 0 Å². The molecule has 4 aliphatic rings. The number of nitrogens with zero attached hydrogens (tertiary/aromatic N) is 5. The first-order valence-corrected chi connectivity index (χ1v) is 13.1. The van der Waals surface area contributed by atoms with E-state index in [1.54, 1.807) is 16.9 Å². The average molecular weight is 482 g/mol. The van der Waals surface area contributed by atoms with E-state index in [1.165, 1.54) is 38.8 Å². The minimum Gasteiger partial charge on any atom is -0.300 e. The van der Waals surface area contributed by atoms with Crippen LogP contribution in [0.4, 0.5) is 13.2 Å². The molecule has 10 heteroatoms. The zero-order valence-electron chi connectivity index (χ0n) is 19.0. The Labute approximate surface area is 194 Å². The van der Waals surface area contributed by atoms with E-state index in [0.717, 1.165) is 41.8 Å². The molecule has 2 aromatic rings. The number of fused-ring (bicyclic) bond motifs is 1. The Morgan fingerprint density at radius 1 is 1.12 bits per heavy atom.